The van der Waals surface area contributed by atoms with E-state index < -0.39 is 12.1 Å². The summed E-state index contributed by atoms with van der Waals surface area (Å²) in [4.78, 5) is 24.2. The second-order valence-corrected chi connectivity index (χ2v) is 6.46. The molecule has 0 aliphatic rings. The maximum absolute atomic E-state index is 12.5. The van der Waals surface area contributed by atoms with Gasteiger partial charge >= 0.3 is 6.09 Å². The molecular weight excluding hydrogens is 292 g/mol. The molecule has 0 saturated heterocycles. The van der Waals surface area contributed by atoms with Crippen LogP contribution in [0.25, 0.3) is 0 Å². The van der Waals surface area contributed by atoms with Crippen LogP contribution in [0.5, 0.6) is 0 Å². The van der Waals surface area contributed by atoms with Crippen molar-refractivity contribution in [3.63, 3.8) is 0 Å². The average molecular weight is 320 g/mol. The van der Waals surface area contributed by atoms with Crippen molar-refractivity contribution in [3.8, 4) is 0 Å². The van der Waals surface area contributed by atoms with E-state index in [-0.39, 0.29) is 24.0 Å². The molecule has 0 heterocycles. The Kier molecular flexibility index (Phi) is 7.07. The van der Waals surface area contributed by atoms with Crippen molar-refractivity contribution in [3.05, 3.63) is 35.4 Å². The molecule has 1 aromatic carbocycles. The minimum atomic E-state index is -0.630. The number of benzene rings is 1. The molecule has 0 aromatic heterocycles. The topological polar surface area (TPSA) is 67.4 Å². The molecule has 0 bridgehead atoms. The van der Waals surface area contributed by atoms with E-state index >= 15 is 0 Å². The number of alkyl carbamates (subject to hydrolysis) is 1. The van der Waals surface area contributed by atoms with Crippen molar-refractivity contribution in [2.45, 2.75) is 59.7 Å². The van der Waals surface area contributed by atoms with Crippen LogP contribution in [0.15, 0.2) is 24.3 Å². The number of nitrogens with one attached hydrogen (secondary N) is 2. The highest BCUT2D eigenvalue weighted by molar-refractivity contribution is 5.86. The van der Waals surface area contributed by atoms with E-state index in [1.54, 1.807) is 13.8 Å². The van der Waals surface area contributed by atoms with E-state index in [0.717, 1.165) is 5.56 Å². The predicted molar refractivity (Wildman–Crippen MR) is 91.1 cm³/mol. The summed E-state index contributed by atoms with van der Waals surface area (Å²) in [6.45, 7) is 11.2. The van der Waals surface area contributed by atoms with Crippen molar-refractivity contribution in [1.29, 1.82) is 0 Å². The van der Waals surface area contributed by atoms with Crippen molar-refractivity contribution < 1.29 is 14.3 Å². The van der Waals surface area contributed by atoms with E-state index in [2.05, 4.69) is 10.6 Å². The lowest BCUT2D eigenvalue weighted by Crippen LogP contribution is -2.50. The summed E-state index contributed by atoms with van der Waals surface area (Å²) in [7, 11) is 0. The molecule has 5 heteroatoms. The summed E-state index contributed by atoms with van der Waals surface area (Å²) in [6, 6.07) is 7.24. The van der Waals surface area contributed by atoms with Gasteiger partial charge in [-0.15, -0.1) is 0 Å². The van der Waals surface area contributed by atoms with Gasteiger partial charge in [-0.3, -0.25) is 4.79 Å². The highest BCUT2D eigenvalue weighted by Crippen LogP contribution is 2.14. The zero-order chi connectivity index (χ0) is 17.6. The molecule has 0 fully saturated rings. The fraction of sp³-hybridized carbons (Fsp3) is 0.556. The quantitative estimate of drug-likeness (QED) is 0.845. The molecule has 1 rings (SSSR count). The van der Waals surface area contributed by atoms with Crippen LogP contribution in [0.3, 0.4) is 0 Å². The average Bonchev–Trinajstić information content (AvgIpc) is 2.44. The Balaban J connectivity index is 2.70. The van der Waals surface area contributed by atoms with Gasteiger partial charge in [-0.1, -0.05) is 43.7 Å². The Morgan fingerprint density at radius 3 is 2.00 bits per heavy atom. The van der Waals surface area contributed by atoms with Gasteiger partial charge in [0.15, 0.2) is 0 Å². The Hall–Kier alpha value is -2.04. The highest BCUT2D eigenvalue weighted by Gasteiger charge is 2.26. The van der Waals surface area contributed by atoms with Gasteiger partial charge in [0, 0.05) is 0 Å². The first kappa shape index (κ1) is 19.0. The smallest absolute Gasteiger partial charge is 0.408 e. The SMILES string of the molecule is Cc1ccc([C@@H](C)NC(=O)[C@@H](NC(=O)OC(C)C)C(C)C)cc1. The molecule has 23 heavy (non-hydrogen) atoms. The maximum Gasteiger partial charge on any atom is 0.408 e. The monoisotopic (exact) mass is 320 g/mol. The summed E-state index contributed by atoms with van der Waals surface area (Å²) in [5.74, 6) is -0.256. The fourth-order valence-electron chi connectivity index (χ4n) is 2.15. The van der Waals surface area contributed by atoms with E-state index in [1.165, 1.54) is 5.56 Å². The summed E-state index contributed by atoms with van der Waals surface area (Å²) >= 11 is 0. The zero-order valence-electron chi connectivity index (χ0n) is 14.8. The number of carbonyl (C=O) groups is 2. The molecule has 2 atom stereocenters. The second kappa shape index (κ2) is 8.56. The zero-order valence-corrected chi connectivity index (χ0v) is 14.8. The number of rotatable bonds is 6. The van der Waals surface area contributed by atoms with Gasteiger partial charge < -0.3 is 15.4 Å². The summed E-state index contributed by atoms with van der Waals surface area (Å²) < 4.78 is 5.05. The van der Waals surface area contributed by atoms with Gasteiger partial charge in [-0.25, -0.2) is 4.79 Å². The fourth-order valence-corrected chi connectivity index (χ4v) is 2.15. The van der Waals surface area contributed by atoms with Gasteiger partial charge in [0.1, 0.15) is 6.04 Å². The minimum Gasteiger partial charge on any atom is -0.447 e. The van der Waals surface area contributed by atoms with Crippen LogP contribution in [-0.4, -0.2) is 24.1 Å². The first-order valence-electron chi connectivity index (χ1n) is 8.04. The molecular formula is C18H28N2O3. The molecule has 0 unspecified atom stereocenters. The first-order valence-corrected chi connectivity index (χ1v) is 8.04. The molecule has 5 nitrogen and oxygen atoms in total. The second-order valence-electron chi connectivity index (χ2n) is 6.46. The first-order chi connectivity index (χ1) is 10.7. The minimum absolute atomic E-state index is 0.0417. The lowest BCUT2D eigenvalue weighted by atomic mass is 10.0. The van der Waals surface area contributed by atoms with Crippen LogP contribution >= 0.6 is 0 Å². The largest absolute Gasteiger partial charge is 0.447 e. The summed E-state index contributed by atoms with van der Waals surface area (Å²) in [6.07, 6.45) is -0.797. The Morgan fingerprint density at radius 2 is 1.52 bits per heavy atom. The number of ether oxygens (including phenoxy) is 1. The van der Waals surface area contributed by atoms with Crippen LogP contribution in [0.1, 0.15) is 51.8 Å². The molecule has 0 saturated carbocycles. The lowest BCUT2D eigenvalue weighted by Gasteiger charge is -2.24. The van der Waals surface area contributed by atoms with E-state index in [4.69, 9.17) is 4.74 Å². The molecule has 0 aliphatic carbocycles. The van der Waals surface area contributed by atoms with Crippen molar-refractivity contribution in [2.24, 2.45) is 5.92 Å². The van der Waals surface area contributed by atoms with Crippen molar-refractivity contribution in [1.82, 2.24) is 10.6 Å². The predicted octanol–water partition coefficient (Wildman–Crippen LogP) is 3.33. The maximum atomic E-state index is 12.5. The van der Waals surface area contributed by atoms with Gasteiger partial charge in [0.05, 0.1) is 12.1 Å². The van der Waals surface area contributed by atoms with Crippen molar-refractivity contribution >= 4 is 12.0 Å². The third-order valence-electron chi connectivity index (χ3n) is 3.50. The number of hydrogen-bond donors (Lipinski definition) is 2. The molecule has 1 aromatic rings. The molecule has 128 valence electrons. The summed E-state index contributed by atoms with van der Waals surface area (Å²) in [5, 5.41) is 5.59. The third-order valence-corrected chi connectivity index (χ3v) is 3.50. The lowest BCUT2D eigenvalue weighted by molar-refractivity contribution is -0.124. The third kappa shape index (κ3) is 6.30. The normalized spacial score (nSPS) is 13.6. The van der Waals surface area contributed by atoms with Gasteiger partial charge in [-0.2, -0.15) is 0 Å². The molecule has 0 spiro atoms. The Morgan fingerprint density at radius 1 is 0.957 bits per heavy atom. The number of amides is 2. The van der Waals surface area contributed by atoms with Crippen LogP contribution < -0.4 is 10.6 Å². The summed E-state index contributed by atoms with van der Waals surface area (Å²) in [5.41, 5.74) is 2.20. The standard InChI is InChI=1S/C18H28N2O3/c1-11(2)16(20-18(22)23-12(3)4)17(21)19-14(6)15-9-7-13(5)8-10-15/h7-12,14,16H,1-6H3,(H,19,21)(H,20,22)/t14-,16+/m1/s1. The van der Waals surface area contributed by atoms with Gasteiger partial charge in [0.25, 0.3) is 0 Å². The van der Waals surface area contributed by atoms with E-state index in [1.807, 2.05) is 52.0 Å². The van der Waals surface area contributed by atoms with Crippen LogP contribution in [0, 0.1) is 12.8 Å². The molecule has 0 aliphatic heterocycles. The van der Waals surface area contributed by atoms with E-state index in [9.17, 15) is 9.59 Å². The highest BCUT2D eigenvalue weighted by atomic mass is 16.6. The van der Waals surface area contributed by atoms with Crippen LogP contribution in [-0.2, 0) is 9.53 Å². The molecule has 2 N–H and O–H groups in total. The number of aryl methyl sites for hydroxylation is 1. The van der Waals surface area contributed by atoms with Crippen LogP contribution in [0.4, 0.5) is 4.79 Å². The van der Waals surface area contributed by atoms with Crippen LogP contribution in [0.2, 0.25) is 0 Å². The Labute approximate surface area is 138 Å². The number of carbonyl (C=O) groups excluding carboxylic acids is 2. The molecule has 2 amide bonds. The Bertz CT molecular complexity index is 524. The molecule has 0 radical (unpaired) electrons. The van der Waals surface area contributed by atoms with Gasteiger partial charge in [0.2, 0.25) is 5.91 Å². The van der Waals surface area contributed by atoms with E-state index in [0.29, 0.717) is 0 Å². The van der Waals surface area contributed by atoms with Crippen molar-refractivity contribution in [2.75, 3.05) is 0 Å². The van der Waals surface area contributed by atoms with Gasteiger partial charge in [-0.05, 0) is 39.2 Å². The number of hydrogen-bond acceptors (Lipinski definition) is 3.